The predicted molar refractivity (Wildman–Crippen MR) is 167 cm³/mol. The fourth-order valence-electron chi connectivity index (χ4n) is 5.28. The third-order valence-corrected chi connectivity index (χ3v) is 7.80. The molecule has 11 nitrogen and oxygen atoms in total. The number of rotatable bonds is 11. The lowest BCUT2D eigenvalue weighted by molar-refractivity contribution is -0.128. The van der Waals surface area contributed by atoms with Gasteiger partial charge >= 0.3 is 5.97 Å². The van der Waals surface area contributed by atoms with Crippen molar-refractivity contribution in [2.24, 2.45) is 0 Å². The molecule has 2 N–H and O–H groups in total. The number of benzene rings is 3. The zero-order valence-electron chi connectivity index (χ0n) is 25.6. The third kappa shape index (κ3) is 6.89. The number of hydrogen-bond donors (Lipinski definition) is 2. The van der Waals surface area contributed by atoms with Gasteiger partial charge in [0.05, 0.1) is 50.3 Å². The van der Waals surface area contributed by atoms with Crippen molar-refractivity contribution in [1.29, 1.82) is 0 Å². The number of carbonyl (C=O) groups is 5. The molecular weight excluding hydrogens is 564 g/mol. The fourth-order valence-corrected chi connectivity index (χ4v) is 5.28. The largest absolute Gasteiger partial charge is 0.496 e. The minimum absolute atomic E-state index is 0.00986. The van der Waals surface area contributed by atoms with E-state index in [9.17, 15) is 24.0 Å². The monoisotopic (exact) mass is 602 g/mol. The van der Waals surface area contributed by atoms with Crippen LogP contribution in [-0.4, -0.2) is 69.4 Å². The topological polar surface area (TPSA) is 134 Å². The highest BCUT2D eigenvalue weighted by Gasteiger charge is 2.37. The minimum atomic E-state index is -1.06. The quantitative estimate of drug-likeness (QED) is 0.319. The van der Waals surface area contributed by atoms with E-state index in [1.54, 1.807) is 67.4 Å². The molecule has 1 aliphatic rings. The van der Waals surface area contributed by atoms with Crippen LogP contribution in [-0.2, 0) is 30.5 Å². The van der Waals surface area contributed by atoms with Crippen LogP contribution in [0.4, 0.5) is 11.4 Å². The van der Waals surface area contributed by atoms with Gasteiger partial charge in [-0.1, -0.05) is 24.3 Å². The smallest absolute Gasteiger partial charge is 0.337 e. The van der Waals surface area contributed by atoms with Gasteiger partial charge in [0.2, 0.25) is 11.8 Å². The molecule has 0 fully saturated rings. The molecule has 2 atom stereocenters. The Kier molecular flexibility index (Phi) is 10.3. The van der Waals surface area contributed by atoms with E-state index in [1.807, 2.05) is 6.07 Å². The van der Waals surface area contributed by atoms with Crippen LogP contribution in [0, 0.1) is 0 Å². The molecule has 0 radical (unpaired) electrons. The first kappa shape index (κ1) is 32.2. The Labute approximate surface area is 256 Å². The molecule has 44 heavy (non-hydrogen) atoms. The Hall–Kier alpha value is -4.77. The number of carbonyl (C=O) groups excluding carboxylic acids is 5. The summed E-state index contributed by atoms with van der Waals surface area (Å²) < 4.78 is 10.6. The molecule has 0 spiro atoms. The van der Waals surface area contributed by atoms with Crippen LogP contribution in [0.15, 0.2) is 54.6 Å². The molecule has 3 aromatic rings. The van der Waals surface area contributed by atoms with E-state index in [4.69, 9.17) is 9.47 Å². The van der Waals surface area contributed by atoms with E-state index in [0.717, 1.165) is 10.8 Å². The third-order valence-electron chi connectivity index (χ3n) is 7.80. The van der Waals surface area contributed by atoms with Crippen LogP contribution in [0.3, 0.4) is 0 Å². The number of hydrogen-bond acceptors (Lipinski definition) is 8. The van der Waals surface area contributed by atoms with E-state index in [2.05, 4.69) is 10.6 Å². The molecule has 0 saturated heterocycles. The molecule has 0 aromatic heterocycles. The summed E-state index contributed by atoms with van der Waals surface area (Å²) in [7, 11) is 4.50. The first-order valence-electron chi connectivity index (χ1n) is 14.4. The molecule has 1 aliphatic heterocycles. The van der Waals surface area contributed by atoms with Gasteiger partial charge in [0.1, 0.15) is 17.6 Å². The number of ether oxygens (including phenoxy) is 2. The average molecular weight is 603 g/mol. The molecule has 4 rings (SSSR count). The summed E-state index contributed by atoms with van der Waals surface area (Å²) in [5, 5.41) is 7.22. The van der Waals surface area contributed by atoms with Gasteiger partial charge in [-0.25, -0.2) is 4.79 Å². The highest BCUT2D eigenvalue weighted by atomic mass is 16.5. The summed E-state index contributed by atoms with van der Waals surface area (Å²) in [6, 6.07) is 14.2. The second kappa shape index (κ2) is 14.1. The summed E-state index contributed by atoms with van der Waals surface area (Å²) in [6.07, 6.45) is 0.749. The Morgan fingerprint density at radius 2 is 1.73 bits per heavy atom. The number of amides is 3. The van der Waals surface area contributed by atoms with Crippen LogP contribution in [0.2, 0.25) is 0 Å². The Balaban J connectivity index is 1.83. The molecule has 0 aliphatic carbocycles. The Morgan fingerprint density at radius 1 is 1.00 bits per heavy atom. The van der Waals surface area contributed by atoms with Gasteiger partial charge in [-0.2, -0.15) is 0 Å². The maximum absolute atomic E-state index is 14.4. The van der Waals surface area contributed by atoms with Crippen LogP contribution < -0.4 is 25.2 Å². The SMILES string of the molecule is CN[C@@H](C)C(=O)NC1CN(C(=O)CCCC(C)=O)c2ccccc2N(Cc2c(OC)ccc3cc(C(=O)OC)ccc23)C1=O. The average Bonchev–Trinajstić information content (AvgIpc) is 3.14. The first-order chi connectivity index (χ1) is 21.1. The lowest BCUT2D eigenvalue weighted by atomic mass is 10.00. The van der Waals surface area contributed by atoms with Gasteiger partial charge in [-0.05, 0) is 68.4 Å². The van der Waals surface area contributed by atoms with E-state index >= 15 is 0 Å². The summed E-state index contributed by atoms with van der Waals surface area (Å²) in [4.78, 5) is 67.7. The van der Waals surface area contributed by atoms with Crippen molar-refractivity contribution in [3.8, 4) is 5.75 Å². The maximum Gasteiger partial charge on any atom is 0.337 e. The van der Waals surface area contributed by atoms with Crippen LogP contribution in [0.1, 0.15) is 49.0 Å². The van der Waals surface area contributed by atoms with Crippen LogP contribution in [0.5, 0.6) is 5.75 Å². The number of anilines is 2. The molecule has 3 aromatic carbocycles. The fraction of sp³-hybridized carbons (Fsp3) is 0.364. The van der Waals surface area contributed by atoms with E-state index in [0.29, 0.717) is 34.7 Å². The number of Topliss-reactive ketones (excluding diaryl/α,β-unsaturated/α-hetero) is 1. The number of esters is 1. The lowest BCUT2D eigenvalue weighted by Gasteiger charge is -2.27. The van der Waals surface area contributed by atoms with Crippen molar-refractivity contribution in [2.45, 2.75) is 51.7 Å². The molecule has 0 saturated carbocycles. The Morgan fingerprint density at radius 3 is 2.39 bits per heavy atom. The number of para-hydroxylation sites is 2. The van der Waals surface area contributed by atoms with Crippen LogP contribution >= 0.6 is 0 Å². The number of methoxy groups -OCH3 is 2. The van der Waals surface area contributed by atoms with Crippen molar-refractivity contribution in [2.75, 3.05) is 37.6 Å². The standard InChI is InChI=1S/C33H38N4O7/c1-20(38)9-8-12-30(39)36-19-26(35-31(40)21(2)34-3)32(41)37(28-11-7-6-10-27(28)36)18-25-24-15-13-23(33(42)44-5)17-22(24)14-16-29(25)43-4/h6-7,10-11,13-17,21,26,34H,8-9,12,18-19H2,1-5H3,(H,35,40)/t21-,26?/m0/s1. The number of fused-ring (bicyclic) bond motifs is 2. The molecule has 3 amide bonds. The molecule has 1 heterocycles. The zero-order valence-corrected chi connectivity index (χ0v) is 25.6. The number of nitrogens with zero attached hydrogens (tertiary/aromatic N) is 2. The van der Waals surface area contributed by atoms with Crippen molar-refractivity contribution in [3.05, 3.63) is 65.7 Å². The molecule has 0 bridgehead atoms. The normalized spacial score (nSPS) is 15.3. The van der Waals surface area contributed by atoms with Crippen molar-refractivity contribution < 1.29 is 33.4 Å². The van der Waals surface area contributed by atoms with E-state index in [-0.39, 0.29) is 43.5 Å². The van der Waals surface area contributed by atoms with Crippen LogP contribution in [0.25, 0.3) is 10.8 Å². The van der Waals surface area contributed by atoms with Crippen molar-refractivity contribution >= 4 is 51.6 Å². The van der Waals surface area contributed by atoms with Gasteiger partial charge < -0.3 is 34.7 Å². The summed E-state index contributed by atoms with van der Waals surface area (Å²) in [5.74, 6) is -1.00. The maximum atomic E-state index is 14.4. The lowest BCUT2D eigenvalue weighted by Crippen LogP contribution is -2.55. The number of nitrogens with one attached hydrogen (secondary N) is 2. The summed E-state index contributed by atoms with van der Waals surface area (Å²) in [6.45, 7) is 3.13. The van der Waals surface area contributed by atoms with E-state index < -0.39 is 24.0 Å². The zero-order chi connectivity index (χ0) is 32.0. The summed E-state index contributed by atoms with van der Waals surface area (Å²) in [5.41, 5.74) is 2.06. The second-order valence-electron chi connectivity index (χ2n) is 10.7. The second-order valence-corrected chi connectivity index (χ2v) is 10.7. The predicted octanol–water partition coefficient (Wildman–Crippen LogP) is 3.37. The van der Waals surface area contributed by atoms with Gasteiger partial charge in [0.15, 0.2) is 0 Å². The molecule has 232 valence electrons. The number of likely N-dealkylation sites (N-methyl/N-ethyl adjacent to an activating group) is 1. The highest BCUT2D eigenvalue weighted by Crippen LogP contribution is 2.37. The highest BCUT2D eigenvalue weighted by molar-refractivity contribution is 6.08. The molecule has 1 unspecified atom stereocenters. The van der Waals surface area contributed by atoms with E-state index in [1.165, 1.54) is 26.0 Å². The van der Waals surface area contributed by atoms with Gasteiger partial charge in [-0.15, -0.1) is 0 Å². The molecule has 11 heteroatoms. The Bertz CT molecular complexity index is 1590. The number of ketones is 1. The minimum Gasteiger partial charge on any atom is -0.496 e. The van der Waals surface area contributed by atoms with Gasteiger partial charge in [-0.3, -0.25) is 14.4 Å². The van der Waals surface area contributed by atoms with Crippen molar-refractivity contribution in [3.63, 3.8) is 0 Å². The first-order valence-corrected chi connectivity index (χ1v) is 14.4. The van der Waals surface area contributed by atoms with Crippen molar-refractivity contribution in [1.82, 2.24) is 10.6 Å². The van der Waals surface area contributed by atoms with Gasteiger partial charge in [0, 0.05) is 18.4 Å². The molecular formula is C33H38N4O7. The summed E-state index contributed by atoms with van der Waals surface area (Å²) >= 11 is 0. The van der Waals surface area contributed by atoms with Gasteiger partial charge in [0.25, 0.3) is 5.91 Å².